The molecule has 3 aliphatic rings. The molecule has 39 heavy (non-hydrogen) atoms. The first-order valence-corrected chi connectivity index (χ1v) is 15.1. The maximum Gasteiger partial charge on any atom is 0.127 e. The van der Waals surface area contributed by atoms with Gasteiger partial charge in [0.25, 0.3) is 0 Å². The van der Waals surface area contributed by atoms with Crippen LogP contribution in [-0.2, 0) is 22.3 Å². The minimum atomic E-state index is -0.197. The molecule has 1 unspecified atom stereocenters. The Morgan fingerprint density at radius 1 is 1.00 bits per heavy atom. The largest absolute Gasteiger partial charge is 0.380 e. The fraction of sp³-hybridized carbons (Fsp3) is 0.559. The topological polar surface area (TPSA) is 30.5 Å². The molecular formula is C34H50F2NO2. The molecule has 0 aromatic heterocycles. The van der Waals surface area contributed by atoms with Gasteiger partial charge in [-0.25, -0.2) is 8.78 Å². The van der Waals surface area contributed by atoms with Crippen molar-refractivity contribution in [2.75, 3.05) is 26.4 Å². The van der Waals surface area contributed by atoms with Gasteiger partial charge >= 0.3 is 0 Å². The highest BCUT2D eigenvalue weighted by atomic mass is 19.1. The number of rotatable bonds is 11. The van der Waals surface area contributed by atoms with Crippen LogP contribution in [0.2, 0.25) is 0 Å². The summed E-state index contributed by atoms with van der Waals surface area (Å²) in [4.78, 5) is 0. The SMILES string of the molecule is CC.CC.CCCCOC(CC)CN[C@H](C)Cc1cc2c(cc1F)-c1cc(C3COC3)c(F)cc1CC1=C2[CH]1.[HH]. The number of unbranched alkanes of at least 4 members (excludes halogenated alkanes) is 1. The zero-order chi connectivity index (χ0) is 28.5. The Balaban J connectivity index is 0.00000107. The zero-order valence-electron chi connectivity index (χ0n) is 25.1. The molecule has 2 atom stereocenters. The van der Waals surface area contributed by atoms with Crippen molar-refractivity contribution in [3.63, 3.8) is 0 Å². The van der Waals surface area contributed by atoms with E-state index in [9.17, 15) is 4.39 Å². The Hall–Kier alpha value is -2.08. The molecule has 2 aliphatic carbocycles. The van der Waals surface area contributed by atoms with Crippen LogP contribution in [-0.4, -0.2) is 38.5 Å². The van der Waals surface area contributed by atoms with E-state index in [0.29, 0.717) is 37.2 Å². The predicted octanol–water partition coefficient (Wildman–Crippen LogP) is 8.69. The minimum absolute atomic E-state index is 0. The second-order valence-corrected chi connectivity index (χ2v) is 10.3. The third-order valence-corrected chi connectivity index (χ3v) is 7.56. The maximum atomic E-state index is 15.4. The second kappa shape index (κ2) is 15.1. The number of allylic oxidation sites excluding steroid dienone is 2. The zero-order valence-corrected chi connectivity index (χ0v) is 25.1. The van der Waals surface area contributed by atoms with Gasteiger partial charge in [-0.2, -0.15) is 0 Å². The fourth-order valence-corrected chi connectivity index (χ4v) is 5.17. The Bertz CT molecular complexity index is 1130. The highest BCUT2D eigenvalue weighted by molar-refractivity contribution is 6.00. The quantitative estimate of drug-likeness (QED) is 0.288. The van der Waals surface area contributed by atoms with Crippen LogP contribution < -0.4 is 5.32 Å². The summed E-state index contributed by atoms with van der Waals surface area (Å²) in [6, 6.07) is 7.40. The third kappa shape index (κ3) is 7.56. The first-order valence-electron chi connectivity index (χ1n) is 15.1. The van der Waals surface area contributed by atoms with E-state index in [1.165, 1.54) is 11.1 Å². The van der Waals surface area contributed by atoms with E-state index in [4.69, 9.17) is 9.47 Å². The summed E-state index contributed by atoms with van der Waals surface area (Å²) < 4.78 is 41.5. The Morgan fingerprint density at radius 3 is 2.38 bits per heavy atom. The summed E-state index contributed by atoms with van der Waals surface area (Å²) in [6.07, 6.45) is 6.80. The van der Waals surface area contributed by atoms with Crippen molar-refractivity contribution in [2.45, 2.75) is 98.6 Å². The molecule has 1 radical (unpaired) electrons. The van der Waals surface area contributed by atoms with Crippen LogP contribution in [0.1, 0.15) is 97.3 Å². The summed E-state index contributed by atoms with van der Waals surface area (Å²) >= 11 is 0. The van der Waals surface area contributed by atoms with E-state index in [0.717, 1.165) is 54.7 Å². The second-order valence-electron chi connectivity index (χ2n) is 10.3. The smallest absolute Gasteiger partial charge is 0.127 e. The summed E-state index contributed by atoms with van der Waals surface area (Å²) in [5.74, 6) is -0.288. The number of hydrogen-bond acceptors (Lipinski definition) is 3. The van der Waals surface area contributed by atoms with Crippen LogP contribution in [0, 0.1) is 18.1 Å². The molecule has 3 nitrogen and oxygen atoms in total. The van der Waals surface area contributed by atoms with Crippen molar-refractivity contribution in [1.82, 2.24) is 5.32 Å². The van der Waals surface area contributed by atoms with Gasteiger partial charge in [0.05, 0.1) is 19.3 Å². The van der Waals surface area contributed by atoms with Gasteiger partial charge < -0.3 is 14.8 Å². The van der Waals surface area contributed by atoms with Gasteiger partial charge in [-0.05, 0) is 95.8 Å². The van der Waals surface area contributed by atoms with Gasteiger partial charge in [0.1, 0.15) is 11.6 Å². The molecule has 0 spiro atoms. The molecule has 5 rings (SSSR count). The van der Waals surface area contributed by atoms with Crippen LogP contribution in [0.15, 0.2) is 29.8 Å². The lowest BCUT2D eigenvalue weighted by Gasteiger charge is -2.28. The third-order valence-electron chi connectivity index (χ3n) is 7.56. The first kappa shape index (κ1) is 31.4. The fourth-order valence-electron chi connectivity index (χ4n) is 5.17. The van der Waals surface area contributed by atoms with Crippen LogP contribution in [0.5, 0.6) is 0 Å². The highest BCUT2D eigenvalue weighted by Gasteiger charge is 2.33. The Kier molecular flexibility index (Phi) is 12.1. The number of fused-ring (bicyclic) bond motifs is 4. The summed E-state index contributed by atoms with van der Waals surface area (Å²) in [7, 11) is 0. The van der Waals surface area contributed by atoms with Crippen molar-refractivity contribution in [2.24, 2.45) is 0 Å². The van der Waals surface area contributed by atoms with Gasteiger partial charge in [-0.3, -0.25) is 0 Å². The first-order chi connectivity index (χ1) is 19.0. The van der Waals surface area contributed by atoms with E-state index in [1.54, 1.807) is 12.1 Å². The molecule has 0 bridgehead atoms. The van der Waals surface area contributed by atoms with Crippen molar-refractivity contribution in [3.8, 4) is 11.1 Å². The van der Waals surface area contributed by atoms with Crippen molar-refractivity contribution in [3.05, 3.63) is 70.1 Å². The summed E-state index contributed by atoms with van der Waals surface area (Å²) in [5.41, 5.74) is 7.64. The molecule has 2 aromatic rings. The highest BCUT2D eigenvalue weighted by Crippen LogP contribution is 2.50. The number of ether oxygens (including phenoxy) is 2. The number of benzene rings is 2. The van der Waals surface area contributed by atoms with Crippen molar-refractivity contribution >= 4 is 5.57 Å². The van der Waals surface area contributed by atoms with E-state index in [-0.39, 0.29) is 31.1 Å². The van der Waals surface area contributed by atoms with E-state index >= 15 is 4.39 Å². The molecule has 5 heteroatoms. The van der Waals surface area contributed by atoms with E-state index < -0.39 is 0 Å². The molecule has 1 N–H and O–H groups in total. The number of nitrogens with one attached hydrogen (secondary N) is 1. The van der Waals surface area contributed by atoms with Crippen molar-refractivity contribution in [1.29, 1.82) is 0 Å². The van der Waals surface area contributed by atoms with Crippen LogP contribution in [0.4, 0.5) is 8.78 Å². The maximum absolute atomic E-state index is 15.4. The molecule has 1 aliphatic heterocycles. The molecular weight excluding hydrogens is 492 g/mol. The minimum Gasteiger partial charge on any atom is -0.380 e. The molecule has 0 amide bonds. The normalized spacial score (nSPS) is 16.7. The molecule has 1 fully saturated rings. The number of halogens is 2. The molecule has 1 heterocycles. The standard InChI is InChI=1S/C30H36F2NO2.2C2H6.H2/c1-4-6-7-35-23(5-2)15-33-18(3)8-21-11-27-24-10-19(24)9-20-12-30(32)26(22-16-34-17-22)13-25(20)28(27)14-29(21)31;2*1-2;/h10-14,18,22-23,33H,4-9,15-17H2,1-3H3;2*1-2H3;1H/t18-,23?;;;/m1.../s1. The van der Waals surface area contributed by atoms with Crippen LogP contribution in [0.3, 0.4) is 0 Å². The summed E-state index contributed by atoms with van der Waals surface area (Å²) in [5, 5.41) is 3.54. The monoisotopic (exact) mass is 542 g/mol. The Labute approximate surface area is 236 Å². The lowest BCUT2D eigenvalue weighted by molar-refractivity contribution is 0.00704. The lowest BCUT2D eigenvalue weighted by Crippen LogP contribution is -2.36. The average molecular weight is 543 g/mol. The van der Waals surface area contributed by atoms with Gasteiger partial charge in [0, 0.05) is 33.0 Å². The van der Waals surface area contributed by atoms with Gasteiger partial charge in [0.15, 0.2) is 0 Å². The molecule has 0 saturated carbocycles. The van der Waals surface area contributed by atoms with E-state index in [2.05, 4.69) is 32.5 Å². The molecule has 217 valence electrons. The lowest BCUT2D eigenvalue weighted by atomic mass is 9.87. The number of hydrogen-bond donors (Lipinski definition) is 1. The van der Waals surface area contributed by atoms with Gasteiger partial charge in [-0.1, -0.05) is 53.5 Å². The van der Waals surface area contributed by atoms with Crippen LogP contribution >= 0.6 is 0 Å². The van der Waals surface area contributed by atoms with E-state index in [1.807, 2.05) is 39.8 Å². The van der Waals surface area contributed by atoms with Crippen LogP contribution in [0.25, 0.3) is 16.7 Å². The van der Waals surface area contributed by atoms with Crippen molar-refractivity contribution < 1.29 is 19.7 Å². The molecule has 2 aromatic carbocycles. The van der Waals surface area contributed by atoms with Gasteiger partial charge in [0.2, 0.25) is 0 Å². The van der Waals surface area contributed by atoms with Gasteiger partial charge in [-0.15, -0.1) is 0 Å². The summed E-state index contributed by atoms with van der Waals surface area (Å²) in [6.45, 7) is 17.1. The molecule has 1 saturated heterocycles. The Morgan fingerprint density at radius 2 is 1.74 bits per heavy atom. The predicted molar refractivity (Wildman–Crippen MR) is 161 cm³/mol. The average Bonchev–Trinajstić information content (AvgIpc) is 3.69.